The van der Waals surface area contributed by atoms with Crippen molar-refractivity contribution in [1.29, 1.82) is 15.9 Å². The lowest BCUT2D eigenvalue weighted by Crippen LogP contribution is -2.41. The number of nitrogens with one attached hydrogen (secondary N) is 3. The summed E-state index contributed by atoms with van der Waals surface area (Å²) in [6.07, 6.45) is 0.756. The van der Waals surface area contributed by atoms with Crippen molar-refractivity contribution in [2.75, 3.05) is 5.32 Å². The molecule has 0 fully saturated rings. The Morgan fingerprint density at radius 3 is 2.68 bits per heavy atom. The van der Waals surface area contributed by atoms with Crippen molar-refractivity contribution in [3.8, 4) is 12.1 Å². The third-order valence-electron chi connectivity index (χ3n) is 2.46. The van der Waals surface area contributed by atoms with Crippen molar-refractivity contribution in [3.63, 3.8) is 0 Å². The van der Waals surface area contributed by atoms with Gasteiger partial charge in [0.25, 0.3) is 0 Å². The number of hydrogen-bond acceptors (Lipinski definition) is 4. The number of carbonyl (C=O) groups is 1. The third-order valence-corrected chi connectivity index (χ3v) is 2.46. The lowest BCUT2D eigenvalue weighted by molar-refractivity contribution is 0.252. The van der Waals surface area contributed by atoms with Crippen molar-refractivity contribution < 1.29 is 4.79 Å². The molecule has 0 spiro atoms. The van der Waals surface area contributed by atoms with Crippen LogP contribution in [0.2, 0.25) is 0 Å². The van der Waals surface area contributed by atoms with Gasteiger partial charge in [0.1, 0.15) is 11.8 Å². The normalized spacial score (nSPS) is 10.7. The number of urea groups is 1. The van der Waals surface area contributed by atoms with Crippen LogP contribution in [-0.4, -0.2) is 17.8 Å². The molecule has 1 aromatic carbocycles. The molecule has 0 aliphatic rings. The molecule has 1 atom stereocenters. The average Bonchev–Trinajstić information content (AvgIpc) is 2.44. The van der Waals surface area contributed by atoms with Crippen LogP contribution in [0.4, 0.5) is 10.5 Å². The number of amides is 2. The van der Waals surface area contributed by atoms with E-state index in [1.165, 1.54) is 6.07 Å². The van der Waals surface area contributed by atoms with Crippen LogP contribution in [0.25, 0.3) is 0 Å². The first-order valence-corrected chi connectivity index (χ1v) is 5.66. The minimum atomic E-state index is -1.24. The van der Waals surface area contributed by atoms with Crippen molar-refractivity contribution in [1.82, 2.24) is 5.32 Å². The van der Waals surface area contributed by atoms with Crippen molar-refractivity contribution in [2.45, 2.75) is 19.4 Å². The summed E-state index contributed by atoms with van der Waals surface area (Å²) < 4.78 is 0. The quantitative estimate of drug-likeness (QED) is 0.713. The summed E-state index contributed by atoms with van der Waals surface area (Å²) in [5, 5.41) is 29.4. The second-order valence-corrected chi connectivity index (χ2v) is 3.70. The van der Waals surface area contributed by atoms with Gasteiger partial charge in [-0.3, -0.25) is 5.41 Å². The fourth-order valence-corrected chi connectivity index (χ4v) is 1.47. The maximum Gasteiger partial charge on any atom is 0.320 e. The molecule has 0 aliphatic heterocycles. The molecule has 0 aliphatic carbocycles. The first kappa shape index (κ1) is 14.2. The van der Waals surface area contributed by atoms with Gasteiger partial charge in [-0.25, -0.2) is 4.79 Å². The summed E-state index contributed by atoms with van der Waals surface area (Å²) in [6.45, 7) is 1.96. The standard InChI is InChI=1S/C13H13N5O/c1-2-9-5-3-4-6-11(9)17-13(19)18-12(8-15)10(16)7-14/h3-6,12,16H,2H2,1H3,(H2,17,18,19). The highest BCUT2D eigenvalue weighted by molar-refractivity contribution is 6.04. The van der Waals surface area contributed by atoms with Crippen molar-refractivity contribution >= 4 is 17.4 Å². The number of hydrogen-bond donors (Lipinski definition) is 3. The molecule has 96 valence electrons. The van der Waals surface area contributed by atoms with Crippen molar-refractivity contribution in [3.05, 3.63) is 29.8 Å². The van der Waals surface area contributed by atoms with Crippen LogP contribution >= 0.6 is 0 Å². The highest BCUT2D eigenvalue weighted by atomic mass is 16.2. The second-order valence-electron chi connectivity index (χ2n) is 3.70. The van der Waals surface area contributed by atoms with Crippen LogP contribution < -0.4 is 10.6 Å². The van der Waals surface area contributed by atoms with E-state index in [1.807, 2.05) is 19.1 Å². The molecule has 0 saturated heterocycles. The SMILES string of the molecule is CCc1ccccc1NC(=O)NC(C#N)C(=N)C#N. The number of rotatable bonds is 4. The Kier molecular flexibility index (Phi) is 5.06. The molecule has 6 heteroatoms. The lowest BCUT2D eigenvalue weighted by Gasteiger charge is -2.12. The summed E-state index contributed by atoms with van der Waals surface area (Å²) in [5.41, 5.74) is 1.10. The van der Waals surface area contributed by atoms with Gasteiger partial charge < -0.3 is 10.6 Å². The Hall–Kier alpha value is -2.86. The number of benzene rings is 1. The van der Waals surface area contributed by atoms with Gasteiger partial charge in [-0.2, -0.15) is 10.5 Å². The fraction of sp³-hybridized carbons (Fsp3) is 0.231. The topological polar surface area (TPSA) is 113 Å². The first-order chi connectivity index (χ1) is 9.12. The van der Waals surface area contributed by atoms with Gasteiger partial charge >= 0.3 is 6.03 Å². The molecule has 19 heavy (non-hydrogen) atoms. The summed E-state index contributed by atoms with van der Waals surface area (Å²) in [6, 6.07) is 8.63. The van der Waals surface area contributed by atoms with Crippen molar-refractivity contribution in [2.24, 2.45) is 0 Å². The number of anilines is 1. The number of carbonyl (C=O) groups excluding carboxylic acids is 1. The van der Waals surface area contributed by atoms with E-state index in [0.717, 1.165) is 12.0 Å². The molecule has 6 nitrogen and oxygen atoms in total. The van der Waals surface area contributed by atoms with Gasteiger partial charge in [0.2, 0.25) is 0 Å². The Morgan fingerprint density at radius 2 is 2.11 bits per heavy atom. The number of nitrogens with zero attached hydrogens (tertiary/aromatic N) is 2. The molecule has 1 aromatic rings. The summed E-state index contributed by atoms with van der Waals surface area (Å²) in [7, 11) is 0. The van der Waals surface area contributed by atoms with Gasteiger partial charge in [-0.15, -0.1) is 0 Å². The van der Waals surface area contributed by atoms with Gasteiger partial charge in [0.15, 0.2) is 6.04 Å². The maximum absolute atomic E-state index is 11.7. The van der Waals surface area contributed by atoms with E-state index in [-0.39, 0.29) is 0 Å². The van der Waals surface area contributed by atoms with Crippen LogP contribution in [0.3, 0.4) is 0 Å². The third kappa shape index (κ3) is 3.83. The molecule has 0 saturated carbocycles. The molecule has 1 unspecified atom stereocenters. The van der Waals surface area contributed by atoms with Gasteiger partial charge in [0, 0.05) is 5.69 Å². The van der Waals surface area contributed by atoms with E-state index in [9.17, 15) is 4.79 Å². The Bertz CT molecular complexity index is 567. The van der Waals surface area contributed by atoms with E-state index >= 15 is 0 Å². The van der Waals surface area contributed by atoms with E-state index in [2.05, 4.69) is 10.6 Å². The molecule has 0 radical (unpaired) electrons. The minimum Gasteiger partial charge on any atom is -0.316 e. The Labute approximate surface area is 111 Å². The number of nitriles is 2. The van der Waals surface area contributed by atoms with Crippen LogP contribution in [0.15, 0.2) is 24.3 Å². The zero-order chi connectivity index (χ0) is 14.3. The Morgan fingerprint density at radius 1 is 1.42 bits per heavy atom. The van der Waals surface area contributed by atoms with E-state index in [0.29, 0.717) is 5.69 Å². The van der Waals surface area contributed by atoms with E-state index in [4.69, 9.17) is 15.9 Å². The maximum atomic E-state index is 11.7. The zero-order valence-electron chi connectivity index (χ0n) is 10.4. The summed E-state index contributed by atoms with van der Waals surface area (Å²) in [5.74, 6) is 0. The van der Waals surface area contributed by atoms with E-state index in [1.54, 1.807) is 18.2 Å². The highest BCUT2D eigenvalue weighted by Crippen LogP contribution is 2.15. The lowest BCUT2D eigenvalue weighted by atomic mass is 10.1. The van der Waals surface area contributed by atoms with Crippen LogP contribution in [0.5, 0.6) is 0 Å². The molecule has 2 amide bonds. The predicted molar refractivity (Wildman–Crippen MR) is 70.7 cm³/mol. The van der Waals surface area contributed by atoms with Gasteiger partial charge in [-0.05, 0) is 18.1 Å². The largest absolute Gasteiger partial charge is 0.320 e. The second kappa shape index (κ2) is 6.77. The molecule has 3 N–H and O–H groups in total. The zero-order valence-corrected chi connectivity index (χ0v) is 10.4. The van der Waals surface area contributed by atoms with Crippen LogP contribution in [0.1, 0.15) is 12.5 Å². The van der Waals surface area contributed by atoms with Crippen LogP contribution in [-0.2, 0) is 6.42 Å². The summed E-state index contributed by atoms with van der Waals surface area (Å²) >= 11 is 0. The van der Waals surface area contributed by atoms with Crippen LogP contribution in [0, 0.1) is 28.1 Å². The number of aryl methyl sites for hydroxylation is 1. The molecule has 0 bridgehead atoms. The van der Waals surface area contributed by atoms with Gasteiger partial charge in [-0.1, -0.05) is 25.1 Å². The first-order valence-electron chi connectivity index (χ1n) is 5.66. The molecular formula is C13H13N5O. The van der Waals surface area contributed by atoms with E-state index < -0.39 is 17.8 Å². The summed E-state index contributed by atoms with van der Waals surface area (Å²) in [4.78, 5) is 11.7. The molecule has 0 heterocycles. The monoisotopic (exact) mass is 255 g/mol. The molecular weight excluding hydrogens is 242 g/mol. The van der Waals surface area contributed by atoms with Gasteiger partial charge in [0.05, 0.1) is 6.07 Å². The minimum absolute atomic E-state index is 0.499. The highest BCUT2D eigenvalue weighted by Gasteiger charge is 2.16. The average molecular weight is 255 g/mol. The Balaban J connectivity index is 2.73. The molecule has 0 aromatic heterocycles. The smallest absolute Gasteiger partial charge is 0.316 e. The molecule has 1 rings (SSSR count). The fourth-order valence-electron chi connectivity index (χ4n) is 1.47. The predicted octanol–water partition coefficient (Wildman–Crippen LogP) is 1.81. The number of para-hydroxylation sites is 1.